The first-order valence-corrected chi connectivity index (χ1v) is 8.74. The van der Waals surface area contributed by atoms with Gasteiger partial charge in [-0.05, 0) is 38.0 Å². The van der Waals surface area contributed by atoms with Crippen molar-refractivity contribution >= 4 is 17.5 Å². The lowest BCUT2D eigenvalue weighted by atomic mass is 9.96. The molecule has 1 aromatic carbocycles. The zero-order valence-corrected chi connectivity index (χ0v) is 14.1. The lowest BCUT2D eigenvalue weighted by molar-refractivity contribution is 0.0983. The second-order valence-corrected chi connectivity index (χ2v) is 6.13. The molecule has 126 valence electrons. The summed E-state index contributed by atoms with van der Waals surface area (Å²) in [5.41, 5.74) is 1.31. The summed E-state index contributed by atoms with van der Waals surface area (Å²) in [4.78, 5) is 23.3. The summed E-state index contributed by atoms with van der Waals surface area (Å²) in [6.07, 6.45) is 7.74. The molecule has 1 aliphatic rings. The molecule has 1 aromatic heterocycles. The average molecular weight is 324 g/mol. The zero-order chi connectivity index (χ0) is 16.8. The van der Waals surface area contributed by atoms with Gasteiger partial charge in [0.1, 0.15) is 5.69 Å². The molecule has 0 radical (unpaired) electrons. The van der Waals surface area contributed by atoms with Gasteiger partial charge in [0, 0.05) is 24.5 Å². The molecule has 0 atom stereocenters. The summed E-state index contributed by atoms with van der Waals surface area (Å²) in [5, 5.41) is 3.38. The van der Waals surface area contributed by atoms with Gasteiger partial charge >= 0.3 is 0 Å². The van der Waals surface area contributed by atoms with Crippen LogP contribution in [-0.2, 0) is 0 Å². The quantitative estimate of drug-likeness (QED) is 0.906. The third kappa shape index (κ3) is 3.91. The van der Waals surface area contributed by atoms with Gasteiger partial charge in [-0.1, -0.05) is 37.5 Å². The van der Waals surface area contributed by atoms with Crippen LogP contribution >= 0.6 is 0 Å². The Bertz CT molecular complexity index is 668. The molecule has 3 rings (SSSR count). The van der Waals surface area contributed by atoms with E-state index in [-0.39, 0.29) is 5.91 Å². The highest BCUT2D eigenvalue weighted by Gasteiger charge is 2.19. The Morgan fingerprint density at radius 3 is 2.62 bits per heavy atom. The van der Waals surface area contributed by atoms with Crippen molar-refractivity contribution in [1.29, 1.82) is 0 Å². The van der Waals surface area contributed by atoms with Crippen molar-refractivity contribution in [1.82, 2.24) is 9.97 Å². The van der Waals surface area contributed by atoms with Crippen molar-refractivity contribution in [2.75, 3.05) is 16.8 Å². The number of carbonyl (C=O) groups excluding carboxylic acids is 1. The fourth-order valence-electron chi connectivity index (χ4n) is 3.17. The van der Waals surface area contributed by atoms with Crippen LogP contribution in [0.2, 0.25) is 0 Å². The number of hydrogen-bond acceptors (Lipinski definition) is 4. The van der Waals surface area contributed by atoms with E-state index in [4.69, 9.17) is 0 Å². The molecule has 5 heteroatoms. The molecule has 1 amide bonds. The van der Waals surface area contributed by atoms with Gasteiger partial charge in [0.05, 0.1) is 0 Å². The summed E-state index contributed by atoms with van der Waals surface area (Å²) >= 11 is 0. The van der Waals surface area contributed by atoms with Crippen molar-refractivity contribution in [3.63, 3.8) is 0 Å². The average Bonchev–Trinajstić information content (AvgIpc) is 2.64. The fraction of sp³-hybridized carbons (Fsp3) is 0.421. The molecule has 5 nitrogen and oxygen atoms in total. The molecule has 0 bridgehead atoms. The monoisotopic (exact) mass is 324 g/mol. The van der Waals surface area contributed by atoms with E-state index in [0.29, 0.717) is 24.2 Å². The third-order valence-electron chi connectivity index (χ3n) is 4.44. The Kier molecular flexibility index (Phi) is 5.41. The van der Waals surface area contributed by atoms with Gasteiger partial charge in [0.2, 0.25) is 5.95 Å². The van der Waals surface area contributed by atoms with E-state index in [1.165, 1.54) is 19.3 Å². The Labute approximate surface area is 143 Å². The number of rotatable bonds is 5. The van der Waals surface area contributed by atoms with Crippen molar-refractivity contribution in [2.45, 2.75) is 45.1 Å². The molecular formula is C19H24N4O. The predicted octanol–water partition coefficient (Wildman–Crippen LogP) is 3.89. The van der Waals surface area contributed by atoms with Crippen molar-refractivity contribution in [3.05, 3.63) is 48.3 Å². The van der Waals surface area contributed by atoms with E-state index in [2.05, 4.69) is 15.3 Å². The van der Waals surface area contributed by atoms with Gasteiger partial charge in [-0.25, -0.2) is 9.97 Å². The number of benzene rings is 1. The Morgan fingerprint density at radius 1 is 1.17 bits per heavy atom. The van der Waals surface area contributed by atoms with Crippen molar-refractivity contribution < 1.29 is 4.79 Å². The normalized spacial score (nSPS) is 15.0. The van der Waals surface area contributed by atoms with Gasteiger partial charge in [0.15, 0.2) is 0 Å². The smallest absolute Gasteiger partial charge is 0.277 e. The number of para-hydroxylation sites is 1. The van der Waals surface area contributed by atoms with Crippen LogP contribution in [0, 0.1) is 0 Å². The summed E-state index contributed by atoms with van der Waals surface area (Å²) < 4.78 is 0. The molecule has 2 aromatic rings. The van der Waals surface area contributed by atoms with Crippen LogP contribution in [0.15, 0.2) is 42.6 Å². The summed E-state index contributed by atoms with van der Waals surface area (Å²) in [5.74, 6) is 0.453. The van der Waals surface area contributed by atoms with Crippen LogP contribution in [0.3, 0.4) is 0 Å². The van der Waals surface area contributed by atoms with E-state index in [9.17, 15) is 4.79 Å². The van der Waals surface area contributed by atoms with Crippen LogP contribution in [0.5, 0.6) is 0 Å². The van der Waals surface area contributed by atoms with Crippen molar-refractivity contribution in [3.8, 4) is 0 Å². The Balaban J connectivity index is 1.75. The molecule has 1 fully saturated rings. The predicted molar refractivity (Wildman–Crippen MR) is 96.3 cm³/mol. The highest BCUT2D eigenvalue weighted by atomic mass is 16.2. The van der Waals surface area contributed by atoms with E-state index in [1.54, 1.807) is 17.2 Å². The SMILES string of the molecule is CCN(C(=O)c1ccnc(NC2CCCCC2)n1)c1ccccc1. The van der Waals surface area contributed by atoms with Crippen LogP contribution in [0.1, 0.15) is 49.5 Å². The largest absolute Gasteiger partial charge is 0.351 e. The highest BCUT2D eigenvalue weighted by molar-refractivity contribution is 6.04. The lowest BCUT2D eigenvalue weighted by Gasteiger charge is -2.23. The first-order chi connectivity index (χ1) is 11.8. The maximum absolute atomic E-state index is 12.8. The van der Waals surface area contributed by atoms with E-state index in [1.807, 2.05) is 37.3 Å². The second kappa shape index (κ2) is 7.90. The maximum atomic E-state index is 12.8. The molecule has 0 aliphatic heterocycles. The molecule has 24 heavy (non-hydrogen) atoms. The second-order valence-electron chi connectivity index (χ2n) is 6.13. The van der Waals surface area contributed by atoms with Crippen LogP contribution in [0.4, 0.5) is 11.6 Å². The number of amides is 1. The third-order valence-corrected chi connectivity index (χ3v) is 4.44. The standard InChI is InChI=1S/C19H24N4O/c1-2-23(16-11-7-4-8-12-16)18(24)17-13-14-20-19(22-17)21-15-9-5-3-6-10-15/h4,7-8,11-15H,2-3,5-6,9-10H2,1H3,(H,20,21,22). The number of carbonyl (C=O) groups is 1. The maximum Gasteiger partial charge on any atom is 0.277 e. The molecule has 0 saturated heterocycles. The van der Waals surface area contributed by atoms with Gasteiger partial charge in [-0.15, -0.1) is 0 Å². The molecule has 0 unspecified atom stereocenters. The Hall–Kier alpha value is -2.43. The number of hydrogen-bond donors (Lipinski definition) is 1. The van der Waals surface area contributed by atoms with Gasteiger partial charge in [-0.2, -0.15) is 0 Å². The topological polar surface area (TPSA) is 58.1 Å². The minimum atomic E-state index is -0.0993. The zero-order valence-electron chi connectivity index (χ0n) is 14.1. The van der Waals surface area contributed by atoms with Crippen molar-refractivity contribution in [2.24, 2.45) is 0 Å². The molecule has 0 spiro atoms. The van der Waals surface area contributed by atoms with E-state index < -0.39 is 0 Å². The first-order valence-electron chi connectivity index (χ1n) is 8.74. The lowest BCUT2D eigenvalue weighted by Crippen LogP contribution is -2.31. The minimum Gasteiger partial charge on any atom is -0.351 e. The fourth-order valence-corrected chi connectivity index (χ4v) is 3.17. The Morgan fingerprint density at radius 2 is 1.92 bits per heavy atom. The summed E-state index contributed by atoms with van der Waals surface area (Å²) in [7, 11) is 0. The van der Waals surface area contributed by atoms with E-state index >= 15 is 0 Å². The summed E-state index contributed by atoms with van der Waals surface area (Å²) in [6, 6.07) is 11.8. The molecule has 1 aliphatic carbocycles. The van der Waals surface area contributed by atoms with Gasteiger partial charge < -0.3 is 10.2 Å². The molecule has 1 heterocycles. The number of nitrogens with one attached hydrogen (secondary N) is 1. The van der Waals surface area contributed by atoms with Gasteiger partial charge in [0.25, 0.3) is 5.91 Å². The van der Waals surface area contributed by atoms with Crippen LogP contribution < -0.4 is 10.2 Å². The van der Waals surface area contributed by atoms with E-state index in [0.717, 1.165) is 18.5 Å². The van der Waals surface area contributed by atoms with Crippen LogP contribution in [-0.4, -0.2) is 28.5 Å². The molecule has 1 saturated carbocycles. The summed E-state index contributed by atoms with van der Waals surface area (Å²) in [6.45, 7) is 2.56. The number of nitrogens with zero attached hydrogens (tertiary/aromatic N) is 3. The van der Waals surface area contributed by atoms with Crippen LogP contribution in [0.25, 0.3) is 0 Å². The highest BCUT2D eigenvalue weighted by Crippen LogP contribution is 2.21. The number of aromatic nitrogens is 2. The molecule has 1 N–H and O–H groups in total. The first kappa shape index (κ1) is 16.4. The van der Waals surface area contributed by atoms with Gasteiger partial charge in [-0.3, -0.25) is 4.79 Å². The minimum absolute atomic E-state index is 0.0993. The molecular weight excluding hydrogens is 300 g/mol. The number of anilines is 2.